The number of carbonyl (C=O) groups excluding carboxylic acids is 1. The number of nitrogens with one attached hydrogen (secondary N) is 1. The lowest BCUT2D eigenvalue weighted by atomic mass is 10.0. The van der Waals surface area contributed by atoms with Gasteiger partial charge in [0.15, 0.2) is 0 Å². The number of hydrogen-bond acceptors (Lipinski definition) is 4. The molecule has 1 aliphatic heterocycles. The fraction of sp³-hybridized carbons (Fsp3) is 0.857. The van der Waals surface area contributed by atoms with E-state index in [1.54, 1.807) is 16.7 Å². The second-order valence-electron chi connectivity index (χ2n) is 5.37. The number of carboxylic acid groups (broad SMARTS) is 1. The van der Waals surface area contributed by atoms with Gasteiger partial charge < -0.3 is 20.1 Å². The quantitative estimate of drug-likeness (QED) is 0.711. The molecule has 1 saturated heterocycles. The SMILES string of the molecule is CCCN(C(=O)NC(C)CCSC)C1COCC1C(=O)O. The summed E-state index contributed by atoms with van der Waals surface area (Å²) in [6.07, 6.45) is 3.72. The van der Waals surface area contributed by atoms with Crippen LogP contribution in [-0.4, -0.2) is 65.9 Å². The molecular weight excluding hydrogens is 292 g/mol. The molecule has 0 aromatic rings. The number of ether oxygens (including phenoxy) is 1. The van der Waals surface area contributed by atoms with E-state index in [9.17, 15) is 14.7 Å². The predicted octanol–water partition coefficient (Wildman–Crippen LogP) is 1.65. The fourth-order valence-electron chi connectivity index (χ4n) is 2.41. The summed E-state index contributed by atoms with van der Waals surface area (Å²) in [7, 11) is 0. The van der Waals surface area contributed by atoms with E-state index in [0.29, 0.717) is 13.2 Å². The highest BCUT2D eigenvalue weighted by Gasteiger charge is 2.39. The molecule has 0 aliphatic carbocycles. The summed E-state index contributed by atoms with van der Waals surface area (Å²) in [6, 6.07) is -0.489. The van der Waals surface area contributed by atoms with Gasteiger partial charge in [-0.25, -0.2) is 4.79 Å². The van der Waals surface area contributed by atoms with Crippen LogP contribution in [0, 0.1) is 5.92 Å². The van der Waals surface area contributed by atoms with Crippen molar-refractivity contribution in [2.45, 2.75) is 38.8 Å². The maximum absolute atomic E-state index is 12.4. The molecule has 0 spiro atoms. The van der Waals surface area contributed by atoms with Crippen LogP contribution >= 0.6 is 11.8 Å². The smallest absolute Gasteiger partial charge is 0.317 e. The van der Waals surface area contributed by atoms with Crippen LogP contribution in [-0.2, 0) is 9.53 Å². The first-order valence-corrected chi connectivity index (χ1v) is 8.77. The van der Waals surface area contributed by atoms with E-state index in [0.717, 1.165) is 18.6 Å². The maximum atomic E-state index is 12.4. The van der Waals surface area contributed by atoms with Gasteiger partial charge in [0.1, 0.15) is 5.92 Å². The van der Waals surface area contributed by atoms with E-state index in [4.69, 9.17) is 4.74 Å². The van der Waals surface area contributed by atoms with Crippen molar-refractivity contribution < 1.29 is 19.4 Å². The molecule has 1 aliphatic rings. The van der Waals surface area contributed by atoms with Crippen LogP contribution in [0.1, 0.15) is 26.7 Å². The number of carbonyl (C=O) groups is 2. The number of thioether (sulfide) groups is 1. The molecule has 1 fully saturated rings. The molecule has 7 heteroatoms. The van der Waals surface area contributed by atoms with Gasteiger partial charge in [0.25, 0.3) is 0 Å². The molecule has 3 atom stereocenters. The lowest BCUT2D eigenvalue weighted by molar-refractivity contribution is -0.142. The zero-order chi connectivity index (χ0) is 15.8. The van der Waals surface area contributed by atoms with Crippen molar-refractivity contribution in [1.29, 1.82) is 0 Å². The number of carboxylic acids is 1. The van der Waals surface area contributed by atoms with Gasteiger partial charge in [0.05, 0.1) is 19.3 Å². The minimum Gasteiger partial charge on any atom is -0.481 e. The van der Waals surface area contributed by atoms with Crippen LogP contribution in [0.15, 0.2) is 0 Å². The normalized spacial score (nSPS) is 22.8. The molecule has 1 heterocycles. The lowest BCUT2D eigenvalue weighted by Gasteiger charge is -2.31. The van der Waals surface area contributed by atoms with E-state index < -0.39 is 11.9 Å². The minimum atomic E-state index is -0.901. The third-order valence-electron chi connectivity index (χ3n) is 3.62. The molecule has 1 rings (SSSR count). The zero-order valence-electron chi connectivity index (χ0n) is 13.0. The average Bonchev–Trinajstić information content (AvgIpc) is 2.91. The van der Waals surface area contributed by atoms with Crippen molar-refractivity contribution in [1.82, 2.24) is 10.2 Å². The largest absolute Gasteiger partial charge is 0.481 e. The van der Waals surface area contributed by atoms with Crippen molar-refractivity contribution in [3.63, 3.8) is 0 Å². The van der Waals surface area contributed by atoms with Gasteiger partial charge in [-0.1, -0.05) is 6.92 Å². The van der Waals surface area contributed by atoms with Crippen molar-refractivity contribution in [3.05, 3.63) is 0 Å². The van der Waals surface area contributed by atoms with Crippen LogP contribution in [0.4, 0.5) is 4.79 Å². The van der Waals surface area contributed by atoms with Gasteiger partial charge in [0.2, 0.25) is 0 Å². The molecule has 21 heavy (non-hydrogen) atoms. The molecule has 0 saturated carbocycles. The van der Waals surface area contributed by atoms with Crippen LogP contribution in [0.3, 0.4) is 0 Å². The highest BCUT2D eigenvalue weighted by atomic mass is 32.2. The zero-order valence-corrected chi connectivity index (χ0v) is 13.8. The Morgan fingerprint density at radius 1 is 1.48 bits per heavy atom. The Balaban J connectivity index is 2.67. The first-order chi connectivity index (χ1) is 10.0. The predicted molar refractivity (Wildman–Crippen MR) is 83.7 cm³/mol. The number of nitrogens with zero attached hydrogens (tertiary/aromatic N) is 1. The Hall–Kier alpha value is -0.950. The van der Waals surface area contributed by atoms with E-state index in [1.165, 1.54) is 0 Å². The number of rotatable bonds is 8. The topological polar surface area (TPSA) is 78.9 Å². The number of amides is 2. The molecule has 0 aromatic carbocycles. The van der Waals surface area contributed by atoms with Gasteiger partial charge in [-0.3, -0.25) is 4.79 Å². The Morgan fingerprint density at radius 3 is 2.76 bits per heavy atom. The summed E-state index contributed by atoms with van der Waals surface area (Å²) in [4.78, 5) is 25.3. The van der Waals surface area contributed by atoms with E-state index in [1.807, 2.05) is 20.1 Å². The van der Waals surface area contributed by atoms with Gasteiger partial charge in [-0.2, -0.15) is 11.8 Å². The van der Waals surface area contributed by atoms with E-state index >= 15 is 0 Å². The molecule has 122 valence electrons. The van der Waals surface area contributed by atoms with E-state index in [-0.39, 0.29) is 24.7 Å². The summed E-state index contributed by atoms with van der Waals surface area (Å²) in [6.45, 7) is 4.96. The minimum absolute atomic E-state index is 0.0786. The second-order valence-corrected chi connectivity index (χ2v) is 6.36. The Bertz CT molecular complexity index is 354. The molecule has 2 N–H and O–H groups in total. The van der Waals surface area contributed by atoms with Gasteiger partial charge in [-0.05, 0) is 31.8 Å². The third-order valence-corrected chi connectivity index (χ3v) is 4.26. The number of hydrogen-bond donors (Lipinski definition) is 2. The molecule has 6 nitrogen and oxygen atoms in total. The highest BCUT2D eigenvalue weighted by molar-refractivity contribution is 7.98. The maximum Gasteiger partial charge on any atom is 0.317 e. The molecular formula is C14H26N2O4S. The Morgan fingerprint density at radius 2 is 2.19 bits per heavy atom. The average molecular weight is 318 g/mol. The number of aliphatic carboxylic acids is 1. The summed E-state index contributed by atoms with van der Waals surface area (Å²) in [5.74, 6) is -0.551. The second kappa shape index (κ2) is 9.15. The molecule has 0 radical (unpaired) electrons. The van der Waals surface area contributed by atoms with Crippen molar-refractivity contribution in [2.75, 3.05) is 31.8 Å². The fourth-order valence-corrected chi connectivity index (χ4v) is 2.99. The third kappa shape index (κ3) is 5.39. The van der Waals surface area contributed by atoms with Gasteiger partial charge in [-0.15, -0.1) is 0 Å². The Labute approximate surface area is 130 Å². The standard InChI is InChI=1S/C14H26N2O4S/c1-4-6-16(12-9-20-8-11(12)13(17)18)14(19)15-10(2)5-7-21-3/h10-12H,4-9H2,1-3H3,(H,15,19)(H,17,18). The first kappa shape index (κ1) is 18.1. The number of urea groups is 1. The van der Waals surface area contributed by atoms with Crippen molar-refractivity contribution in [3.8, 4) is 0 Å². The van der Waals surface area contributed by atoms with Crippen LogP contribution in [0.2, 0.25) is 0 Å². The van der Waals surface area contributed by atoms with Crippen molar-refractivity contribution in [2.24, 2.45) is 5.92 Å². The van der Waals surface area contributed by atoms with Crippen LogP contribution < -0.4 is 5.32 Å². The lowest BCUT2D eigenvalue weighted by Crippen LogP contribution is -2.52. The summed E-state index contributed by atoms with van der Waals surface area (Å²) >= 11 is 1.74. The molecule has 0 aromatic heterocycles. The van der Waals surface area contributed by atoms with E-state index in [2.05, 4.69) is 5.32 Å². The summed E-state index contributed by atoms with van der Waals surface area (Å²) in [5, 5.41) is 12.2. The Kier molecular flexibility index (Phi) is 7.88. The van der Waals surface area contributed by atoms with Gasteiger partial charge >= 0.3 is 12.0 Å². The van der Waals surface area contributed by atoms with Crippen molar-refractivity contribution >= 4 is 23.8 Å². The first-order valence-electron chi connectivity index (χ1n) is 7.37. The van der Waals surface area contributed by atoms with Gasteiger partial charge in [0, 0.05) is 12.6 Å². The molecule has 2 amide bonds. The summed E-state index contributed by atoms with van der Waals surface area (Å²) in [5.41, 5.74) is 0. The highest BCUT2D eigenvalue weighted by Crippen LogP contribution is 2.20. The summed E-state index contributed by atoms with van der Waals surface area (Å²) < 4.78 is 5.27. The van der Waals surface area contributed by atoms with Crippen LogP contribution in [0.5, 0.6) is 0 Å². The molecule has 0 bridgehead atoms. The molecule has 3 unspecified atom stereocenters. The monoisotopic (exact) mass is 318 g/mol. The van der Waals surface area contributed by atoms with Crippen LogP contribution in [0.25, 0.3) is 0 Å².